The molecule has 0 aliphatic heterocycles. The molecule has 1 N–H and O–H groups in total. The zero-order chi connectivity index (χ0) is 19.1. The Morgan fingerprint density at radius 1 is 1.15 bits per heavy atom. The van der Waals surface area contributed by atoms with Gasteiger partial charge in [-0.2, -0.15) is 0 Å². The van der Waals surface area contributed by atoms with E-state index in [1.807, 2.05) is 0 Å². The number of para-hydroxylation sites is 1. The number of hydrogen-bond donors (Lipinski definition) is 1. The van der Waals surface area contributed by atoms with E-state index in [1.165, 1.54) is 51.7 Å². The van der Waals surface area contributed by atoms with E-state index in [2.05, 4.69) is 89.0 Å². The molecule has 140 valence electrons. The summed E-state index contributed by atoms with van der Waals surface area (Å²) in [7, 11) is 0. The Labute approximate surface area is 159 Å². The first-order valence-electron chi connectivity index (χ1n) is 10.1. The lowest BCUT2D eigenvalue weighted by Gasteiger charge is -2.10. The number of fused-ring (bicyclic) bond motifs is 1. The Bertz CT molecular complexity index is 810. The molecule has 0 radical (unpaired) electrons. The van der Waals surface area contributed by atoms with Crippen LogP contribution in [-0.2, 0) is 6.42 Å². The van der Waals surface area contributed by atoms with Gasteiger partial charge in [0.05, 0.1) is 0 Å². The second kappa shape index (κ2) is 9.62. The van der Waals surface area contributed by atoms with Gasteiger partial charge in [0.25, 0.3) is 0 Å². The van der Waals surface area contributed by atoms with Crippen molar-refractivity contribution in [2.24, 2.45) is 5.92 Å². The third kappa shape index (κ3) is 5.24. The van der Waals surface area contributed by atoms with Crippen molar-refractivity contribution in [3.63, 3.8) is 0 Å². The molecule has 0 fully saturated rings. The van der Waals surface area contributed by atoms with E-state index in [-0.39, 0.29) is 0 Å². The quantitative estimate of drug-likeness (QED) is 0.470. The smallest absolute Gasteiger partial charge is 0.0458 e. The van der Waals surface area contributed by atoms with Crippen LogP contribution in [0.3, 0.4) is 0 Å². The van der Waals surface area contributed by atoms with Crippen molar-refractivity contribution in [2.75, 3.05) is 0 Å². The molecule has 1 nitrogen and oxygen atoms in total. The molecule has 1 heteroatoms. The van der Waals surface area contributed by atoms with E-state index in [1.54, 1.807) is 0 Å². The maximum absolute atomic E-state index is 3.55. The van der Waals surface area contributed by atoms with Crippen LogP contribution in [0.5, 0.6) is 0 Å². The minimum atomic E-state index is 0.628. The number of aromatic amines is 1. The second-order valence-corrected chi connectivity index (χ2v) is 7.70. The van der Waals surface area contributed by atoms with Gasteiger partial charge in [0.1, 0.15) is 0 Å². The molecule has 0 amide bonds. The van der Waals surface area contributed by atoms with E-state index >= 15 is 0 Å². The molecule has 0 bridgehead atoms. The van der Waals surface area contributed by atoms with Crippen molar-refractivity contribution in [1.82, 2.24) is 4.98 Å². The van der Waals surface area contributed by atoms with Crippen molar-refractivity contribution in [3.8, 4) is 0 Å². The van der Waals surface area contributed by atoms with Crippen LogP contribution in [0, 0.1) is 12.8 Å². The summed E-state index contributed by atoms with van der Waals surface area (Å²) in [6.45, 7) is 13.4. The van der Waals surface area contributed by atoms with Crippen molar-refractivity contribution >= 4 is 10.9 Å². The van der Waals surface area contributed by atoms with Crippen LogP contribution >= 0.6 is 0 Å². The molecular formula is C25H35N. The van der Waals surface area contributed by atoms with Gasteiger partial charge in [-0.15, -0.1) is 0 Å². The number of allylic oxidation sites excluding steroid dienone is 6. The summed E-state index contributed by atoms with van der Waals surface area (Å²) in [4.78, 5) is 3.55. The maximum atomic E-state index is 3.55. The van der Waals surface area contributed by atoms with Gasteiger partial charge in [0.2, 0.25) is 0 Å². The Kier molecular flexibility index (Phi) is 7.50. The van der Waals surface area contributed by atoms with Gasteiger partial charge >= 0.3 is 0 Å². The lowest BCUT2D eigenvalue weighted by atomic mass is 9.95. The minimum Gasteiger partial charge on any atom is -0.358 e. The fourth-order valence-electron chi connectivity index (χ4n) is 3.31. The number of aromatic nitrogens is 1. The third-order valence-electron chi connectivity index (χ3n) is 5.19. The monoisotopic (exact) mass is 349 g/mol. The van der Waals surface area contributed by atoms with Crippen LogP contribution in [-0.4, -0.2) is 4.98 Å². The van der Waals surface area contributed by atoms with Crippen molar-refractivity contribution in [2.45, 2.75) is 67.2 Å². The van der Waals surface area contributed by atoms with Crippen LogP contribution in [0.25, 0.3) is 10.9 Å². The van der Waals surface area contributed by atoms with Gasteiger partial charge in [0.15, 0.2) is 0 Å². The summed E-state index contributed by atoms with van der Waals surface area (Å²) in [5, 5.41) is 1.36. The molecule has 26 heavy (non-hydrogen) atoms. The highest BCUT2D eigenvalue weighted by Gasteiger charge is 2.10. The molecule has 1 atom stereocenters. The van der Waals surface area contributed by atoms with Gasteiger partial charge in [-0.1, -0.05) is 81.2 Å². The molecular weight excluding hydrogens is 314 g/mol. The molecule has 0 saturated heterocycles. The zero-order valence-electron chi connectivity index (χ0n) is 17.4. The summed E-state index contributed by atoms with van der Waals surface area (Å²) in [6, 6.07) is 8.65. The lowest BCUT2D eigenvalue weighted by molar-refractivity contribution is 0.698. The first-order chi connectivity index (χ1) is 12.5. The highest BCUT2D eigenvalue weighted by molar-refractivity contribution is 5.84. The molecule has 2 aromatic rings. The Balaban J connectivity index is 2.37. The second-order valence-electron chi connectivity index (χ2n) is 7.70. The number of H-pyrrole nitrogens is 1. The van der Waals surface area contributed by atoms with Crippen LogP contribution in [0.15, 0.2) is 59.2 Å². The molecule has 1 aromatic heterocycles. The van der Waals surface area contributed by atoms with E-state index in [0.29, 0.717) is 5.92 Å². The number of rotatable bonds is 8. The van der Waals surface area contributed by atoms with Crippen LogP contribution in [0.1, 0.15) is 65.1 Å². The molecule has 0 spiro atoms. The van der Waals surface area contributed by atoms with E-state index < -0.39 is 0 Å². The average molecular weight is 350 g/mol. The molecule has 1 unspecified atom stereocenters. The predicted molar refractivity (Wildman–Crippen MR) is 117 cm³/mol. The Morgan fingerprint density at radius 3 is 2.54 bits per heavy atom. The van der Waals surface area contributed by atoms with Gasteiger partial charge in [-0.3, -0.25) is 0 Å². The van der Waals surface area contributed by atoms with E-state index in [0.717, 1.165) is 12.8 Å². The molecule has 2 rings (SSSR count). The Morgan fingerprint density at radius 2 is 1.88 bits per heavy atom. The average Bonchev–Trinajstić information content (AvgIpc) is 2.93. The van der Waals surface area contributed by atoms with E-state index in [9.17, 15) is 0 Å². The van der Waals surface area contributed by atoms with Gasteiger partial charge < -0.3 is 4.98 Å². The van der Waals surface area contributed by atoms with Gasteiger partial charge in [0, 0.05) is 16.6 Å². The Hall–Kier alpha value is -2.02. The maximum Gasteiger partial charge on any atom is 0.0458 e. The topological polar surface area (TPSA) is 15.8 Å². The minimum absolute atomic E-state index is 0.628. The highest BCUT2D eigenvalue weighted by Crippen LogP contribution is 2.27. The molecule has 1 heterocycles. The van der Waals surface area contributed by atoms with Crippen molar-refractivity contribution in [3.05, 3.63) is 70.5 Å². The van der Waals surface area contributed by atoms with E-state index in [4.69, 9.17) is 0 Å². The summed E-state index contributed by atoms with van der Waals surface area (Å²) >= 11 is 0. The largest absolute Gasteiger partial charge is 0.358 e. The van der Waals surface area contributed by atoms with Crippen LogP contribution in [0.4, 0.5) is 0 Å². The predicted octanol–water partition coefficient (Wildman–Crippen LogP) is 7.68. The molecule has 1 aromatic carbocycles. The first-order valence-corrected chi connectivity index (χ1v) is 10.1. The van der Waals surface area contributed by atoms with Gasteiger partial charge in [-0.25, -0.2) is 0 Å². The van der Waals surface area contributed by atoms with Crippen molar-refractivity contribution < 1.29 is 0 Å². The molecule has 0 saturated carbocycles. The number of benzene rings is 1. The normalized spacial score (nSPS) is 13.5. The lowest BCUT2D eigenvalue weighted by Crippen LogP contribution is -1.95. The van der Waals surface area contributed by atoms with Gasteiger partial charge in [-0.05, 0) is 56.7 Å². The summed E-state index contributed by atoms with van der Waals surface area (Å²) in [5.41, 5.74) is 8.25. The standard InChI is InChI=1S/C25H35N/c1-7-11-21(16-22(18(3)4)15-14-19(5)8-2)17-24-20(6)26-25-13-10-9-12-23(24)25/h9-10,12-16,19,26H,7-8,11,17H2,1-6H3/b15-14-,21-16+. The van der Waals surface area contributed by atoms with Crippen molar-refractivity contribution in [1.29, 1.82) is 0 Å². The fourth-order valence-corrected chi connectivity index (χ4v) is 3.31. The van der Waals surface area contributed by atoms with Crippen LogP contribution in [0.2, 0.25) is 0 Å². The summed E-state index contributed by atoms with van der Waals surface area (Å²) in [6.07, 6.45) is 11.6. The fraction of sp³-hybridized carbons (Fsp3) is 0.440. The zero-order valence-corrected chi connectivity index (χ0v) is 17.4. The highest BCUT2D eigenvalue weighted by atomic mass is 14.7. The third-order valence-corrected chi connectivity index (χ3v) is 5.19. The van der Waals surface area contributed by atoms with Crippen LogP contribution < -0.4 is 0 Å². The number of hydrogen-bond acceptors (Lipinski definition) is 0. The number of aryl methyl sites for hydroxylation is 1. The summed E-state index contributed by atoms with van der Waals surface area (Å²) < 4.78 is 0. The first kappa shape index (κ1) is 20.3. The molecule has 0 aliphatic carbocycles. The summed E-state index contributed by atoms with van der Waals surface area (Å²) in [5.74, 6) is 0.628. The number of nitrogens with one attached hydrogen (secondary N) is 1. The SMILES string of the molecule is CCC/C(=C\C(/C=C\C(C)CC)=C(C)C)Cc1c(C)[nH]c2ccccc12. The molecule has 0 aliphatic rings.